The zero-order chi connectivity index (χ0) is 19.2. The third kappa shape index (κ3) is 4.91. The Morgan fingerprint density at radius 1 is 1.37 bits per heavy atom. The number of ether oxygens (including phenoxy) is 1. The lowest BCUT2D eigenvalue weighted by Gasteiger charge is -2.35. The van der Waals surface area contributed by atoms with Crippen LogP contribution in [-0.4, -0.2) is 41.2 Å². The highest BCUT2D eigenvalue weighted by Crippen LogP contribution is 2.27. The van der Waals surface area contributed by atoms with Crippen LogP contribution in [0.5, 0.6) is 0 Å². The standard InChI is InChI=1S/C19H24N4O4/c1-12-8-16(23-27-12)19(25)22-15-9-14(5-6-17(15)26-2)18(24)21-11-13-4-3-7-20-10-13/h3-4,7-8,10,14-15,17H,5-6,9,11H2,1-2H3,(H,21,24)(H,22,25)/t14-,15+,17+/m0/s1. The van der Waals surface area contributed by atoms with Crippen molar-refractivity contribution < 1.29 is 18.8 Å². The molecule has 144 valence electrons. The molecule has 2 heterocycles. The molecule has 0 saturated heterocycles. The molecule has 3 rings (SSSR count). The molecule has 8 nitrogen and oxygen atoms in total. The Morgan fingerprint density at radius 2 is 2.22 bits per heavy atom. The fourth-order valence-corrected chi connectivity index (χ4v) is 3.37. The smallest absolute Gasteiger partial charge is 0.273 e. The number of pyridine rings is 1. The Hall–Kier alpha value is -2.74. The molecule has 2 N–H and O–H groups in total. The molecule has 0 bridgehead atoms. The largest absolute Gasteiger partial charge is 0.379 e. The molecule has 0 spiro atoms. The van der Waals surface area contributed by atoms with Crippen LogP contribution in [0.15, 0.2) is 35.1 Å². The lowest BCUT2D eigenvalue weighted by atomic mass is 9.83. The van der Waals surface area contributed by atoms with Crippen LogP contribution in [0.2, 0.25) is 0 Å². The monoisotopic (exact) mass is 372 g/mol. The molecule has 0 unspecified atom stereocenters. The molecular formula is C19H24N4O4. The van der Waals surface area contributed by atoms with Gasteiger partial charge < -0.3 is 19.9 Å². The quantitative estimate of drug-likeness (QED) is 0.798. The van der Waals surface area contributed by atoms with Crippen molar-refractivity contribution >= 4 is 11.8 Å². The van der Waals surface area contributed by atoms with Gasteiger partial charge >= 0.3 is 0 Å². The minimum Gasteiger partial charge on any atom is -0.379 e. The summed E-state index contributed by atoms with van der Waals surface area (Å²) in [7, 11) is 1.62. The maximum atomic E-state index is 12.6. The van der Waals surface area contributed by atoms with Crippen LogP contribution in [0.3, 0.4) is 0 Å². The Labute approximate surface area is 157 Å². The summed E-state index contributed by atoms with van der Waals surface area (Å²) in [6.07, 6.45) is 5.22. The lowest BCUT2D eigenvalue weighted by Crippen LogP contribution is -2.50. The van der Waals surface area contributed by atoms with E-state index in [0.29, 0.717) is 31.6 Å². The van der Waals surface area contributed by atoms with Crippen molar-refractivity contribution in [2.24, 2.45) is 5.92 Å². The predicted octanol–water partition coefficient (Wildman–Crippen LogP) is 1.61. The highest BCUT2D eigenvalue weighted by molar-refractivity contribution is 5.92. The van der Waals surface area contributed by atoms with E-state index in [1.807, 2.05) is 12.1 Å². The summed E-state index contributed by atoms with van der Waals surface area (Å²) >= 11 is 0. The predicted molar refractivity (Wildman–Crippen MR) is 96.7 cm³/mol. The molecule has 1 aliphatic rings. The first-order valence-electron chi connectivity index (χ1n) is 9.00. The van der Waals surface area contributed by atoms with E-state index < -0.39 is 0 Å². The van der Waals surface area contributed by atoms with Crippen molar-refractivity contribution in [1.82, 2.24) is 20.8 Å². The number of carbonyl (C=O) groups is 2. The van der Waals surface area contributed by atoms with Crippen LogP contribution in [0.4, 0.5) is 0 Å². The highest BCUT2D eigenvalue weighted by Gasteiger charge is 2.35. The Morgan fingerprint density at radius 3 is 2.89 bits per heavy atom. The van der Waals surface area contributed by atoms with Gasteiger partial charge in [0.25, 0.3) is 5.91 Å². The fourth-order valence-electron chi connectivity index (χ4n) is 3.37. The maximum absolute atomic E-state index is 12.6. The summed E-state index contributed by atoms with van der Waals surface area (Å²) in [6, 6.07) is 5.07. The summed E-state index contributed by atoms with van der Waals surface area (Å²) < 4.78 is 10.5. The van der Waals surface area contributed by atoms with E-state index in [-0.39, 0.29) is 35.6 Å². The zero-order valence-corrected chi connectivity index (χ0v) is 15.5. The average molecular weight is 372 g/mol. The van der Waals surface area contributed by atoms with Crippen molar-refractivity contribution in [2.45, 2.75) is 44.9 Å². The molecule has 1 saturated carbocycles. The van der Waals surface area contributed by atoms with Gasteiger partial charge in [-0.15, -0.1) is 0 Å². The first-order chi connectivity index (χ1) is 13.1. The molecule has 2 aromatic heterocycles. The van der Waals surface area contributed by atoms with Crippen molar-refractivity contribution in [1.29, 1.82) is 0 Å². The molecule has 27 heavy (non-hydrogen) atoms. The van der Waals surface area contributed by atoms with Crippen LogP contribution in [0.1, 0.15) is 41.1 Å². The molecule has 0 aromatic carbocycles. The van der Waals surface area contributed by atoms with Crippen molar-refractivity contribution in [3.8, 4) is 0 Å². The van der Waals surface area contributed by atoms with Crippen LogP contribution in [0, 0.1) is 12.8 Å². The van der Waals surface area contributed by atoms with Gasteiger partial charge in [-0.2, -0.15) is 0 Å². The second-order valence-corrected chi connectivity index (χ2v) is 6.77. The molecule has 1 fully saturated rings. The maximum Gasteiger partial charge on any atom is 0.273 e. The van der Waals surface area contributed by atoms with Crippen LogP contribution < -0.4 is 10.6 Å². The number of aryl methyl sites for hydroxylation is 1. The summed E-state index contributed by atoms with van der Waals surface area (Å²) in [6.45, 7) is 2.16. The zero-order valence-electron chi connectivity index (χ0n) is 15.5. The Balaban J connectivity index is 1.58. The van der Waals surface area contributed by atoms with Gasteiger partial charge in [-0.1, -0.05) is 11.2 Å². The van der Waals surface area contributed by atoms with E-state index in [4.69, 9.17) is 9.26 Å². The average Bonchev–Trinajstić information content (AvgIpc) is 3.13. The molecule has 0 aliphatic heterocycles. The number of rotatable bonds is 6. The summed E-state index contributed by atoms with van der Waals surface area (Å²) in [5.41, 5.74) is 1.17. The number of carbonyl (C=O) groups excluding carboxylic acids is 2. The number of hydrogen-bond acceptors (Lipinski definition) is 6. The Bertz CT molecular complexity index is 777. The molecule has 2 aromatic rings. The van der Waals surface area contributed by atoms with Gasteiger partial charge in [0.1, 0.15) is 5.76 Å². The Kier molecular flexibility index (Phi) is 6.18. The van der Waals surface area contributed by atoms with Gasteiger partial charge in [0.2, 0.25) is 5.91 Å². The van der Waals surface area contributed by atoms with Crippen LogP contribution >= 0.6 is 0 Å². The summed E-state index contributed by atoms with van der Waals surface area (Å²) in [5, 5.41) is 9.62. The van der Waals surface area contributed by atoms with E-state index in [2.05, 4.69) is 20.8 Å². The minimum atomic E-state index is -0.324. The first kappa shape index (κ1) is 19.0. The van der Waals surface area contributed by atoms with Crippen LogP contribution in [-0.2, 0) is 16.1 Å². The van der Waals surface area contributed by atoms with Gasteiger partial charge in [0.05, 0.1) is 12.1 Å². The minimum absolute atomic E-state index is 0.0232. The SMILES string of the molecule is CO[C@@H]1CC[C@H](C(=O)NCc2cccnc2)C[C@H]1NC(=O)c1cc(C)on1. The normalized spacial score (nSPS) is 22.2. The van der Waals surface area contributed by atoms with E-state index in [1.165, 1.54) is 0 Å². The lowest BCUT2D eigenvalue weighted by molar-refractivity contribution is -0.127. The highest BCUT2D eigenvalue weighted by atomic mass is 16.5. The van der Waals surface area contributed by atoms with Gasteiger partial charge in [-0.3, -0.25) is 14.6 Å². The number of nitrogens with one attached hydrogen (secondary N) is 2. The number of aromatic nitrogens is 2. The number of hydrogen-bond donors (Lipinski definition) is 2. The summed E-state index contributed by atoms with van der Waals surface area (Å²) in [4.78, 5) is 29.0. The van der Waals surface area contributed by atoms with Gasteiger partial charge in [-0.05, 0) is 37.8 Å². The topological polar surface area (TPSA) is 106 Å². The van der Waals surface area contributed by atoms with Gasteiger partial charge in [0, 0.05) is 38.0 Å². The van der Waals surface area contributed by atoms with E-state index >= 15 is 0 Å². The van der Waals surface area contributed by atoms with E-state index in [1.54, 1.807) is 32.5 Å². The van der Waals surface area contributed by atoms with E-state index in [9.17, 15) is 9.59 Å². The first-order valence-corrected chi connectivity index (χ1v) is 9.00. The molecule has 1 aliphatic carbocycles. The fraction of sp³-hybridized carbons (Fsp3) is 0.474. The molecule has 8 heteroatoms. The molecule has 0 radical (unpaired) electrons. The third-order valence-electron chi connectivity index (χ3n) is 4.83. The van der Waals surface area contributed by atoms with Crippen molar-refractivity contribution in [3.63, 3.8) is 0 Å². The second kappa shape index (κ2) is 8.77. The second-order valence-electron chi connectivity index (χ2n) is 6.77. The number of methoxy groups -OCH3 is 1. The van der Waals surface area contributed by atoms with Crippen molar-refractivity contribution in [2.75, 3.05) is 7.11 Å². The van der Waals surface area contributed by atoms with Gasteiger partial charge in [-0.25, -0.2) is 0 Å². The number of amides is 2. The van der Waals surface area contributed by atoms with Gasteiger partial charge in [0.15, 0.2) is 5.69 Å². The molecule has 3 atom stereocenters. The molecular weight excluding hydrogens is 348 g/mol. The van der Waals surface area contributed by atoms with Crippen molar-refractivity contribution in [3.05, 3.63) is 47.6 Å². The van der Waals surface area contributed by atoms with Crippen LogP contribution in [0.25, 0.3) is 0 Å². The third-order valence-corrected chi connectivity index (χ3v) is 4.83. The summed E-state index contributed by atoms with van der Waals surface area (Å²) in [5.74, 6) is 0.0393. The molecule has 2 amide bonds. The van der Waals surface area contributed by atoms with E-state index in [0.717, 1.165) is 5.56 Å². The number of nitrogens with zero attached hydrogens (tertiary/aromatic N) is 2.